The molecule has 0 fully saturated rings. The molecule has 3 rings (SSSR count). The highest BCUT2D eigenvalue weighted by molar-refractivity contribution is 5.65. The number of rotatable bonds is 5. The molecule has 0 amide bonds. The van der Waals surface area contributed by atoms with E-state index in [4.69, 9.17) is 9.68 Å². The zero-order valence-corrected chi connectivity index (χ0v) is 14.7. The second-order valence-corrected chi connectivity index (χ2v) is 6.17. The summed E-state index contributed by atoms with van der Waals surface area (Å²) in [5.74, 6) is 1.58. The molecule has 1 N–H and O–H groups in total. The van der Waals surface area contributed by atoms with Gasteiger partial charge in [-0.05, 0) is 49.6 Å². The van der Waals surface area contributed by atoms with Crippen LogP contribution < -0.4 is 5.32 Å². The normalized spacial score (nSPS) is 11.9. The minimum atomic E-state index is 0.187. The number of nitriles is 1. The van der Waals surface area contributed by atoms with Gasteiger partial charge in [0.2, 0.25) is 5.89 Å². The van der Waals surface area contributed by atoms with Crippen molar-refractivity contribution in [3.8, 4) is 17.2 Å². The Balaban J connectivity index is 1.67. The lowest BCUT2D eigenvalue weighted by Crippen LogP contribution is -2.18. The van der Waals surface area contributed by atoms with Crippen molar-refractivity contribution >= 4 is 0 Å². The molecule has 0 saturated heterocycles. The van der Waals surface area contributed by atoms with Gasteiger partial charge in [0.25, 0.3) is 0 Å². The molecular formula is C21H21N3O. The first-order valence-electron chi connectivity index (χ1n) is 8.33. The van der Waals surface area contributed by atoms with Crippen molar-refractivity contribution < 1.29 is 4.42 Å². The maximum absolute atomic E-state index is 9.03. The van der Waals surface area contributed by atoms with Crippen LogP contribution in [0.4, 0.5) is 0 Å². The van der Waals surface area contributed by atoms with Crippen LogP contribution in [0.1, 0.15) is 41.4 Å². The molecule has 126 valence electrons. The van der Waals surface area contributed by atoms with Gasteiger partial charge in [0, 0.05) is 6.04 Å². The predicted octanol–water partition coefficient (Wildman–Crippen LogP) is 4.68. The lowest BCUT2D eigenvalue weighted by molar-refractivity contribution is 0.432. The van der Waals surface area contributed by atoms with Crippen LogP contribution in [0.15, 0.2) is 52.9 Å². The Morgan fingerprint density at radius 3 is 2.52 bits per heavy atom. The number of aryl methyl sites for hydroxylation is 2. The molecule has 2 aromatic carbocycles. The van der Waals surface area contributed by atoms with Crippen molar-refractivity contribution in [3.05, 3.63) is 77.0 Å². The van der Waals surface area contributed by atoms with Gasteiger partial charge in [0.05, 0.1) is 23.9 Å². The Hall–Kier alpha value is -2.90. The highest BCUT2D eigenvalue weighted by Gasteiger charge is 2.09. The van der Waals surface area contributed by atoms with Crippen molar-refractivity contribution in [2.24, 2.45) is 0 Å². The van der Waals surface area contributed by atoms with Crippen LogP contribution in [0.25, 0.3) is 11.1 Å². The van der Waals surface area contributed by atoms with Crippen molar-refractivity contribution in [2.75, 3.05) is 0 Å². The van der Waals surface area contributed by atoms with E-state index in [0.717, 1.165) is 22.6 Å². The second-order valence-electron chi connectivity index (χ2n) is 6.17. The van der Waals surface area contributed by atoms with E-state index in [-0.39, 0.29) is 6.04 Å². The molecule has 1 heterocycles. The van der Waals surface area contributed by atoms with E-state index in [1.54, 1.807) is 0 Å². The third-order valence-corrected chi connectivity index (χ3v) is 4.37. The number of aromatic nitrogens is 1. The average molecular weight is 331 g/mol. The van der Waals surface area contributed by atoms with Crippen molar-refractivity contribution in [1.29, 1.82) is 5.26 Å². The zero-order valence-electron chi connectivity index (χ0n) is 14.7. The molecule has 0 aliphatic rings. The van der Waals surface area contributed by atoms with Crippen LogP contribution in [0.5, 0.6) is 0 Å². The number of nitrogens with one attached hydrogen (secondary N) is 1. The van der Waals surface area contributed by atoms with Gasteiger partial charge in [-0.3, -0.25) is 0 Å². The monoisotopic (exact) mass is 331 g/mol. The summed E-state index contributed by atoms with van der Waals surface area (Å²) < 4.78 is 5.60. The fourth-order valence-electron chi connectivity index (χ4n) is 2.71. The average Bonchev–Trinajstić information content (AvgIpc) is 2.97. The van der Waals surface area contributed by atoms with Gasteiger partial charge >= 0.3 is 0 Å². The standard InChI is InChI=1S/C21H21N3O/c1-14-16(3)25-21(24-14)13-23-15(2)18-7-9-19(10-8-18)20-6-4-5-17(11-20)12-22/h4-11,15,23H,13H2,1-3H3/t15-/m0/s1. The topological polar surface area (TPSA) is 61.9 Å². The summed E-state index contributed by atoms with van der Waals surface area (Å²) in [5.41, 5.74) is 4.96. The summed E-state index contributed by atoms with van der Waals surface area (Å²) in [7, 11) is 0. The minimum Gasteiger partial charge on any atom is -0.444 e. The Morgan fingerprint density at radius 2 is 1.88 bits per heavy atom. The summed E-state index contributed by atoms with van der Waals surface area (Å²) in [6.07, 6.45) is 0. The molecule has 3 aromatic rings. The Labute approximate surface area is 148 Å². The van der Waals surface area contributed by atoms with Crippen LogP contribution >= 0.6 is 0 Å². The molecule has 1 atom stereocenters. The van der Waals surface area contributed by atoms with E-state index in [1.807, 2.05) is 38.1 Å². The van der Waals surface area contributed by atoms with Gasteiger partial charge in [0.1, 0.15) is 5.76 Å². The molecular weight excluding hydrogens is 310 g/mol. The SMILES string of the molecule is Cc1nc(CN[C@@H](C)c2ccc(-c3cccc(C#N)c3)cc2)oc1C. The van der Waals surface area contributed by atoms with E-state index in [1.165, 1.54) is 5.56 Å². The smallest absolute Gasteiger partial charge is 0.208 e. The Morgan fingerprint density at radius 1 is 1.12 bits per heavy atom. The molecule has 0 aliphatic carbocycles. The van der Waals surface area contributed by atoms with E-state index >= 15 is 0 Å². The number of oxazole rings is 1. The molecule has 4 nitrogen and oxygen atoms in total. The first-order chi connectivity index (χ1) is 12.1. The molecule has 0 spiro atoms. The van der Waals surface area contributed by atoms with Gasteiger partial charge in [-0.2, -0.15) is 5.26 Å². The molecule has 1 aromatic heterocycles. The van der Waals surface area contributed by atoms with Crippen molar-refractivity contribution in [1.82, 2.24) is 10.3 Å². The summed E-state index contributed by atoms with van der Waals surface area (Å²) in [4.78, 5) is 4.39. The van der Waals surface area contributed by atoms with Gasteiger partial charge in [-0.1, -0.05) is 36.4 Å². The van der Waals surface area contributed by atoms with E-state index in [9.17, 15) is 0 Å². The molecule has 0 radical (unpaired) electrons. The predicted molar refractivity (Wildman–Crippen MR) is 97.8 cm³/mol. The Kier molecular flexibility index (Phi) is 4.97. The van der Waals surface area contributed by atoms with Crippen LogP contribution in [-0.2, 0) is 6.54 Å². The maximum Gasteiger partial charge on any atom is 0.208 e. The van der Waals surface area contributed by atoms with Crippen LogP contribution in [0.2, 0.25) is 0 Å². The third kappa shape index (κ3) is 3.96. The molecule has 0 aliphatic heterocycles. The van der Waals surface area contributed by atoms with Crippen LogP contribution in [0.3, 0.4) is 0 Å². The second kappa shape index (κ2) is 7.33. The lowest BCUT2D eigenvalue weighted by atomic mass is 10.00. The summed E-state index contributed by atoms with van der Waals surface area (Å²) >= 11 is 0. The Bertz CT molecular complexity index is 884. The minimum absolute atomic E-state index is 0.187. The highest BCUT2D eigenvalue weighted by Crippen LogP contribution is 2.23. The summed E-state index contributed by atoms with van der Waals surface area (Å²) in [6.45, 7) is 6.59. The fourth-order valence-corrected chi connectivity index (χ4v) is 2.71. The van der Waals surface area contributed by atoms with Crippen LogP contribution in [0, 0.1) is 25.2 Å². The highest BCUT2D eigenvalue weighted by atomic mass is 16.4. The zero-order chi connectivity index (χ0) is 17.8. The lowest BCUT2D eigenvalue weighted by Gasteiger charge is -2.13. The fraction of sp³-hybridized carbons (Fsp3) is 0.238. The molecule has 0 unspecified atom stereocenters. The number of benzene rings is 2. The van der Waals surface area contributed by atoms with E-state index < -0.39 is 0 Å². The van der Waals surface area contributed by atoms with E-state index in [0.29, 0.717) is 18.0 Å². The van der Waals surface area contributed by atoms with Gasteiger partial charge in [-0.25, -0.2) is 4.98 Å². The van der Waals surface area contributed by atoms with E-state index in [2.05, 4.69) is 47.6 Å². The number of nitrogens with zero attached hydrogens (tertiary/aromatic N) is 2. The largest absolute Gasteiger partial charge is 0.444 e. The molecule has 0 bridgehead atoms. The third-order valence-electron chi connectivity index (χ3n) is 4.37. The van der Waals surface area contributed by atoms with Crippen LogP contribution in [-0.4, -0.2) is 4.98 Å². The molecule has 0 saturated carbocycles. The summed E-state index contributed by atoms with van der Waals surface area (Å²) in [5, 5.41) is 12.5. The quantitative estimate of drug-likeness (QED) is 0.737. The summed E-state index contributed by atoms with van der Waals surface area (Å²) in [6, 6.07) is 18.4. The van der Waals surface area contributed by atoms with Gasteiger partial charge in [0.15, 0.2) is 0 Å². The van der Waals surface area contributed by atoms with Gasteiger partial charge in [-0.15, -0.1) is 0 Å². The number of hydrogen-bond donors (Lipinski definition) is 1. The molecule has 4 heteroatoms. The number of hydrogen-bond acceptors (Lipinski definition) is 4. The molecule has 25 heavy (non-hydrogen) atoms. The maximum atomic E-state index is 9.03. The van der Waals surface area contributed by atoms with Gasteiger partial charge < -0.3 is 9.73 Å². The first-order valence-corrected chi connectivity index (χ1v) is 8.33. The first kappa shape index (κ1) is 16.9. The van der Waals surface area contributed by atoms with Crippen molar-refractivity contribution in [2.45, 2.75) is 33.4 Å². The van der Waals surface area contributed by atoms with Crippen molar-refractivity contribution in [3.63, 3.8) is 0 Å².